The van der Waals surface area contributed by atoms with Crippen molar-refractivity contribution in [2.75, 3.05) is 19.6 Å². The van der Waals surface area contributed by atoms with Gasteiger partial charge in [-0.05, 0) is 101 Å². The largest absolute Gasteiger partial charge is 0.301 e. The Morgan fingerprint density at radius 1 is 0.347 bits per heavy atom. The summed E-state index contributed by atoms with van der Waals surface area (Å²) in [6.07, 6.45) is 23.7. The van der Waals surface area contributed by atoms with Crippen LogP contribution in [0.4, 0.5) is 0 Å². The molecule has 0 bridgehead atoms. The number of hydrogen-bond donors (Lipinski definition) is 0. The van der Waals surface area contributed by atoms with Crippen LogP contribution in [0.3, 0.4) is 0 Å². The molecule has 2 heteroatoms. The molecule has 0 radical (unpaired) electrons. The van der Waals surface area contributed by atoms with Crippen LogP contribution in [0.25, 0.3) is 0 Å². The number of hydrogen-bond acceptors (Lipinski definition) is 2. The lowest BCUT2D eigenvalue weighted by Gasteiger charge is -2.25. The SMILES string of the molecule is C.C.C.C.C.C.C.C.C.C.C1=CCC=C1.C1CCCC1.CC.CC.CC.CC.CC.CC.CC.CC.CCC.CCCC.CCN1CC[C@H](C)[C@@H]1C.CCN1[C@H](C)[C@H](C)[C@H](C)[C@@H]1C.C[C@@H]1[C@H](C)[C@H](C)C[C@@H]1C. The van der Waals surface area contributed by atoms with Crippen LogP contribution in [0.5, 0.6) is 0 Å². The van der Waals surface area contributed by atoms with Gasteiger partial charge in [-0.15, -0.1) is 0 Å². The number of likely N-dealkylation sites (tertiary alicyclic amines) is 2. The summed E-state index contributed by atoms with van der Waals surface area (Å²) in [6, 6.07) is 2.39. The number of allylic oxidation sites excluding steroid dienone is 4. The summed E-state index contributed by atoms with van der Waals surface area (Å²) in [5.74, 6) is 6.50. The molecule has 72 heavy (non-hydrogen) atoms. The van der Waals surface area contributed by atoms with E-state index in [0.29, 0.717) is 0 Å². The van der Waals surface area contributed by atoms with Crippen molar-refractivity contribution in [2.24, 2.45) is 41.4 Å². The molecule has 3 aliphatic carbocycles. The van der Waals surface area contributed by atoms with E-state index < -0.39 is 0 Å². The maximum atomic E-state index is 2.61. The van der Waals surface area contributed by atoms with Gasteiger partial charge in [0.15, 0.2) is 0 Å². The Morgan fingerprint density at radius 2 is 0.597 bits per heavy atom. The second kappa shape index (κ2) is 119. The lowest BCUT2D eigenvalue weighted by Crippen LogP contribution is -2.34. The summed E-state index contributed by atoms with van der Waals surface area (Å²) >= 11 is 0. The van der Waals surface area contributed by atoms with Gasteiger partial charge in [-0.3, -0.25) is 4.90 Å². The topological polar surface area (TPSA) is 6.48 Å². The van der Waals surface area contributed by atoms with Gasteiger partial charge in [0.25, 0.3) is 0 Å². The van der Waals surface area contributed by atoms with E-state index in [1.165, 1.54) is 83.8 Å². The molecule has 2 aliphatic heterocycles. The van der Waals surface area contributed by atoms with Crippen LogP contribution in [0, 0.1) is 41.4 Å². The summed E-state index contributed by atoms with van der Waals surface area (Å²) in [6.45, 7) is 72.5. The molecule has 5 aliphatic rings. The van der Waals surface area contributed by atoms with Gasteiger partial charge >= 0.3 is 0 Å². The van der Waals surface area contributed by atoms with Crippen molar-refractivity contribution in [3.05, 3.63) is 24.3 Å². The van der Waals surface area contributed by atoms with Gasteiger partial charge in [-0.2, -0.15) is 0 Å². The number of rotatable bonds is 3. The number of nitrogens with zero attached hydrogens (tertiary/aromatic N) is 2. The summed E-state index contributed by atoms with van der Waals surface area (Å²) in [5, 5.41) is 0. The summed E-state index contributed by atoms with van der Waals surface area (Å²) in [7, 11) is 0. The lowest BCUT2D eigenvalue weighted by molar-refractivity contribution is 0.209. The fourth-order valence-electron chi connectivity index (χ4n) is 7.38. The molecular formula is C70H178N2. The van der Waals surface area contributed by atoms with Gasteiger partial charge in [-0.25, -0.2) is 0 Å². The first-order chi connectivity index (χ1) is 29.8. The minimum absolute atomic E-state index is 0. The van der Waals surface area contributed by atoms with Gasteiger partial charge in [-0.1, -0.05) is 351 Å². The Morgan fingerprint density at radius 3 is 0.694 bits per heavy atom. The molecule has 4 fully saturated rings. The van der Waals surface area contributed by atoms with Crippen molar-refractivity contribution < 1.29 is 0 Å². The molecule has 2 nitrogen and oxygen atoms in total. The van der Waals surface area contributed by atoms with Crippen molar-refractivity contribution in [2.45, 2.75) is 385 Å². The second-order valence-corrected chi connectivity index (χ2v) is 15.6. The van der Waals surface area contributed by atoms with Crippen LogP contribution in [-0.2, 0) is 0 Å². The van der Waals surface area contributed by atoms with E-state index in [9.17, 15) is 0 Å². The monoisotopic (exact) mass is 1050 g/mol. The molecule has 2 saturated carbocycles. The Hall–Kier alpha value is -0.600. The summed E-state index contributed by atoms with van der Waals surface area (Å²) in [5.41, 5.74) is 0. The fourth-order valence-corrected chi connectivity index (χ4v) is 7.38. The average molecular weight is 1050 g/mol. The van der Waals surface area contributed by atoms with Crippen LogP contribution in [-0.4, -0.2) is 47.6 Å². The van der Waals surface area contributed by atoms with E-state index in [1.807, 2.05) is 111 Å². The van der Waals surface area contributed by atoms with Gasteiger partial charge in [0.1, 0.15) is 0 Å². The Kier molecular flexibility index (Phi) is 221. The molecule has 10 atom stereocenters. The van der Waals surface area contributed by atoms with Gasteiger partial charge in [0, 0.05) is 18.1 Å². The normalized spacial score (nSPS) is 22.6. The van der Waals surface area contributed by atoms with Crippen LogP contribution in [0.2, 0.25) is 0 Å². The molecule has 2 saturated heterocycles. The van der Waals surface area contributed by atoms with Crippen LogP contribution in [0.15, 0.2) is 24.3 Å². The van der Waals surface area contributed by atoms with E-state index in [1.54, 1.807) is 0 Å². The molecule has 5 rings (SSSR count). The third kappa shape index (κ3) is 80.8. The average Bonchev–Trinajstić information content (AvgIpc) is 4.23. The van der Waals surface area contributed by atoms with E-state index in [4.69, 9.17) is 0 Å². The van der Waals surface area contributed by atoms with E-state index in [2.05, 4.69) is 145 Å². The molecule has 0 aromatic carbocycles. The van der Waals surface area contributed by atoms with Crippen molar-refractivity contribution in [1.82, 2.24) is 9.80 Å². The smallest absolute Gasteiger partial charge is 0.00984 e. The van der Waals surface area contributed by atoms with Crippen molar-refractivity contribution >= 4 is 0 Å². The minimum Gasteiger partial charge on any atom is -0.301 e. The number of unbranched alkanes of at least 4 members (excludes halogenated alkanes) is 1. The molecule has 0 aromatic rings. The highest BCUT2D eigenvalue weighted by Gasteiger charge is 2.38. The van der Waals surface area contributed by atoms with Crippen molar-refractivity contribution in [3.63, 3.8) is 0 Å². The quantitative estimate of drug-likeness (QED) is 0.278. The second-order valence-electron chi connectivity index (χ2n) is 15.6. The van der Waals surface area contributed by atoms with E-state index in [0.717, 1.165) is 66.0 Å². The van der Waals surface area contributed by atoms with Gasteiger partial charge < -0.3 is 4.90 Å². The van der Waals surface area contributed by atoms with Gasteiger partial charge in [0.05, 0.1) is 0 Å². The molecule has 2 heterocycles. The predicted molar refractivity (Wildman–Crippen MR) is 372 cm³/mol. The molecule has 0 spiro atoms. The molecular weight excluding hydrogens is 869 g/mol. The fraction of sp³-hybridized carbons (Fsp3) is 0.943. The maximum Gasteiger partial charge on any atom is 0.00984 e. The first-order valence-corrected chi connectivity index (χ1v) is 28.6. The third-order valence-corrected chi connectivity index (χ3v) is 12.2. The zero-order chi connectivity index (χ0) is 51.7. The van der Waals surface area contributed by atoms with Crippen LogP contribution >= 0.6 is 0 Å². The predicted octanol–water partition coefficient (Wildman–Crippen LogP) is 28.3. The zero-order valence-corrected chi connectivity index (χ0v) is 50.9. The third-order valence-electron chi connectivity index (χ3n) is 12.2. The molecule has 0 N–H and O–H groups in total. The summed E-state index contributed by atoms with van der Waals surface area (Å²) < 4.78 is 0. The summed E-state index contributed by atoms with van der Waals surface area (Å²) in [4.78, 5) is 5.15. The highest BCUT2D eigenvalue weighted by molar-refractivity contribution is 5.12. The highest BCUT2D eigenvalue weighted by Crippen LogP contribution is 2.40. The first kappa shape index (κ1) is 134. The lowest BCUT2D eigenvalue weighted by atomic mass is 9.92. The highest BCUT2D eigenvalue weighted by atomic mass is 15.2. The maximum absolute atomic E-state index is 2.61. The van der Waals surface area contributed by atoms with Crippen molar-refractivity contribution in [3.8, 4) is 0 Å². The molecule has 0 unspecified atom stereocenters. The zero-order valence-electron chi connectivity index (χ0n) is 50.9. The Labute approximate surface area is 477 Å². The van der Waals surface area contributed by atoms with Gasteiger partial charge in [0.2, 0.25) is 0 Å². The van der Waals surface area contributed by atoms with Crippen LogP contribution in [0.1, 0.15) is 366 Å². The van der Waals surface area contributed by atoms with Crippen LogP contribution < -0.4 is 0 Å². The Bertz CT molecular complexity index is 662. The molecule has 468 valence electrons. The van der Waals surface area contributed by atoms with Crippen molar-refractivity contribution in [1.29, 1.82) is 0 Å². The standard InChI is InChI=1S/C10H21N.C9H18.C8H17N.C5H10.C5H6.C4H10.C3H8.8C2H6.10CH4/c1-6-11-9(4)7(2)8(3)10(11)5;1-6-5-7(2)9(4)8(6)3;1-4-9-6-5-7(2)8(9)3;2*1-2-4-5-3-1;1-3-4-2;1-3-2;8*1-2;;;;;;;;;;/h7-10H,6H2,1-5H3;6-9H,5H2,1-4H3;7-8H,4-6H2,1-3H3;1-5H2;1-4H,5H2;3-4H2,1-2H3;3H2,1-2H3;8*1-2H3;10*1H4/t7-,8+,9-,10+;6-,7+,8-,9+;7-,8-;;;;;;;;;;;;;;;;;;;;;;/m..0....................../s1. The van der Waals surface area contributed by atoms with E-state index in [-0.39, 0.29) is 74.3 Å². The molecule has 0 amide bonds. The molecule has 0 aromatic heterocycles. The Balaban J connectivity index is -0.0000000232. The minimum atomic E-state index is 0. The first-order valence-electron chi connectivity index (χ1n) is 28.6. The van der Waals surface area contributed by atoms with E-state index >= 15 is 0 Å².